The maximum Gasteiger partial charge on any atom is 0.279 e. The van der Waals surface area contributed by atoms with Gasteiger partial charge >= 0.3 is 0 Å². The third-order valence-electron chi connectivity index (χ3n) is 3.31. The van der Waals surface area contributed by atoms with Crippen molar-refractivity contribution in [2.45, 2.75) is 30.6 Å². The Kier molecular flexibility index (Phi) is 3.42. The van der Waals surface area contributed by atoms with E-state index in [-0.39, 0.29) is 10.6 Å². The van der Waals surface area contributed by atoms with Gasteiger partial charge in [-0.05, 0) is 15.9 Å². The van der Waals surface area contributed by atoms with E-state index in [4.69, 9.17) is 9.84 Å². The molecule has 0 aromatic heterocycles. The summed E-state index contributed by atoms with van der Waals surface area (Å²) in [6.45, 7) is -0.437. The third-order valence-corrected chi connectivity index (χ3v) is 3.89. The van der Waals surface area contributed by atoms with Crippen molar-refractivity contribution in [1.82, 2.24) is 4.90 Å². The molecule has 20 heavy (non-hydrogen) atoms. The average molecular weight is 347 g/mol. The lowest BCUT2D eigenvalue weighted by molar-refractivity contribution is -0.117. The fourth-order valence-electron chi connectivity index (χ4n) is 2.30. The zero-order valence-corrected chi connectivity index (χ0v) is 11.6. The summed E-state index contributed by atoms with van der Waals surface area (Å²) in [5.74, 6) is -0.215. The van der Waals surface area contributed by atoms with Gasteiger partial charge in [0.15, 0.2) is 17.0 Å². The normalized spacial score (nSPS) is 39.9. The highest BCUT2D eigenvalue weighted by Crippen LogP contribution is 2.30. The van der Waals surface area contributed by atoms with Gasteiger partial charge in [0.25, 0.3) is 5.91 Å². The van der Waals surface area contributed by atoms with Gasteiger partial charge in [-0.2, -0.15) is 4.99 Å². The second kappa shape index (κ2) is 4.97. The number of carbonyl (C=O) groups excluding carboxylic acids is 1. The number of nitrogens with zero attached hydrogens (tertiary/aromatic N) is 4. The molecule has 1 amide bonds. The minimum Gasteiger partial charge on any atom is -0.394 e. The van der Waals surface area contributed by atoms with Crippen LogP contribution < -0.4 is 0 Å². The molecule has 10 heteroatoms. The van der Waals surface area contributed by atoms with E-state index in [9.17, 15) is 15.0 Å². The molecule has 0 aromatic rings. The summed E-state index contributed by atoms with van der Waals surface area (Å²) in [4.78, 5) is 24.6. The molecule has 3 rings (SSSR count). The van der Waals surface area contributed by atoms with Crippen LogP contribution in [0.5, 0.6) is 0 Å². The number of hydrogen-bond donors (Lipinski definition) is 3. The molecule has 3 aliphatic heterocycles. The van der Waals surface area contributed by atoms with Crippen LogP contribution in [0.15, 0.2) is 15.0 Å². The van der Waals surface area contributed by atoms with Crippen LogP contribution in [0.1, 0.15) is 0 Å². The van der Waals surface area contributed by atoms with E-state index in [0.29, 0.717) is 0 Å². The highest BCUT2D eigenvalue weighted by molar-refractivity contribution is 9.18. The fourth-order valence-corrected chi connectivity index (χ4v) is 2.88. The lowest BCUT2D eigenvalue weighted by atomic mass is 10.1. The lowest BCUT2D eigenvalue weighted by Gasteiger charge is -2.28. The van der Waals surface area contributed by atoms with E-state index in [1.807, 2.05) is 0 Å². The summed E-state index contributed by atoms with van der Waals surface area (Å²) < 4.78 is 5.65. The minimum atomic E-state index is -1.27. The molecule has 3 aliphatic rings. The summed E-state index contributed by atoms with van der Waals surface area (Å²) in [6, 6.07) is -0.879. The quantitative estimate of drug-likeness (QED) is 0.488. The fraction of sp³-hybridized carbons (Fsp3) is 0.600. The van der Waals surface area contributed by atoms with Crippen LogP contribution in [0.4, 0.5) is 0 Å². The van der Waals surface area contributed by atoms with Gasteiger partial charge < -0.3 is 20.1 Å². The summed E-state index contributed by atoms with van der Waals surface area (Å²) in [5, 5.41) is 28.9. The Labute approximate surface area is 121 Å². The molecule has 9 nitrogen and oxygen atoms in total. The average Bonchev–Trinajstić information content (AvgIpc) is 2.90. The molecule has 1 saturated heterocycles. The molecule has 0 radical (unpaired) electrons. The number of aliphatic hydroxyl groups excluding tert-OH is 3. The van der Waals surface area contributed by atoms with Crippen LogP contribution in [0.25, 0.3) is 0 Å². The number of rotatable bonds is 2. The Balaban J connectivity index is 1.91. The van der Waals surface area contributed by atoms with Crippen molar-refractivity contribution in [3.8, 4) is 0 Å². The maximum absolute atomic E-state index is 11.6. The first kappa shape index (κ1) is 13.8. The monoisotopic (exact) mass is 346 g/mol. The largest absolute Gasteiger partial charge is 0.394 e. The zero-order chi connectivity index (χ0) is 14.4. The van der Waals surface area contributed by atoms with Gasteiger partial charge in [-0.1, -0.05) is 0 Å². The molecule has 0 aromatic carbocycles. The second-order valence-electron chi connectivity index (χ2n) is 4.47. The summed E-state index contributed by atoms with van der Waals surface area (Å²) >= 11 is 3.17. The van der Waals surface area contributed by atoms with Gasteiger partial charge in [-0.15, -0.1) is 0 Å². The van der Waals surface area contributed by atoms with Gasteiger partial charge in [0, 0.05) is 0 Å². The van der Waals surface area contributed by atoms with Crippen LogP contribution in [0.2, 0.25) is 0 Å². The van der Waals surface area contributed by atoms with Crippen molar-refractivity contribution in [3.05, 3.63) is 0 Å². The Morgan fingerprint density at radius 2 is 2.15 bits per heavy atom. The topological polar surface area (TPSA) is 127 Å². The van der Waals surface area contributed by atoms with Gasteiger partial charge in [0.05, 0.1) is 6.61 Å². The first-order chi connectivity index (χ1) is 9.54. The Bertz CT molecular complexity index is 536. The summed E-state index contributed by atoms with van der Waals surface area (Å²) in [6.07, 6.45) is -3.32. The van der Waals surface area contributed by atoms with E-state index in [1.165, 1.54) is 4.90 Å². The molecule has 5 atom stereocenters. The maximum atomic E-state index is 11.6. The predicted molar refractivity (Wildman–Crippen MR) is 70.7 cm³/mol. The van der Waals surface area contributed by atoms with E-state index >= 15 is 0 Å². The number of aliphatic hydroxyl groups is 3. The smallest absolute Gasteiger partial charge is 0.279 e. The number of aliphatic imine (C=N–C) groups is 3. The summed E-state index contributed by atoms with van der Waals surface area (Å²) in [7, 11) is 0. The number of amidine groups is 2. The number of ether oxygens (including phenoxy) is 1. The Morgan fingerprint density at radius 1 is 1.40 bits per heavy atom. The molecule has 0 bridgehead atoms. The number of carbonyl (C=O) groups is 1. The molecular weight excluding hydrogens is 336 g/mol. The molecule has 0 saturated carbocycles. The highest BCUT2D eigenvalue weighted by atomic mass is 79.9. The number of amides is 1. The van der Waals surface area contributed by atoms with E-state index in [1.54, 1.807) is 0 Å². The summed E-state index contributed by atoms with van der Waals surface area (Å²) in [5.41, 5.74) is 0. The van der Waals surface area contributed by atoms with Crippen LogP contribution in [0, 0.1) is 0 Å². The van der Waals surface area contributed by atoms with Crippen LogP contribution in [0.3, 0.4) is 0 Å². The minimum absolute atomic E-state index is 0.245. The molecule has 1 fully saturated rings. The molecule has 3 N–H and O–H groups in total. The first-order valence-electron chi connectivity index (χ1n) is 5.83. The number of hydrogen-bond acceptors (Lipinski definition) is 8. The predicted octanol–water partition coefficient (Wildman–Crippen LogP) is -2.17. The SMILES string of the molecule is O=C1N=CN=C2C1N=C(Br)N2[C@H]1O[C@@H](CO)[C@H](O)[C@@H]1O. The van der Waals surface area contributed by atoms with Crippen molar-refractivity contribution in [2.75, 3.05) is 6.61 Å². The number of halogens is 1. The zero-order valence-electron chi connectivity index (χ0n) is 10.00. The first-order valence-corrected chi connectivity index (χ1v) is 6.63. The highest BCUT2D eigenvalue weighted by Gasteiger charge is 2.51. The molecule has 3 heterocycles. The molecular formula is C10H11BrN4O5. The van der Waals surface area contributed by atoms with E-state index in [0.717, 1.165) is 6.34 Å². The molecule has 0 spiro atoms. The van der Waals surface area contributed by atoms with Crippen LogP contribution in [-0.2, 0) is 9.53 Å². The van der Waals surface area contributed by atoms with Gasteiger partial charge in [-0.25, -0.2) is 9.98 Å². The van der Waals surface area contributed by atoms with E-state index < -0.39 is 43.1 Å². The van der Waals surface area contributed by atoms with Gasteiger partial charge in [-0.3, -0.25) is 9.69 Å². The molecule has 1 unspecified atom stereocenters. The van der Waals surface area contributed by atoms with Crippen LogP contribution >= 0.6 is 15.9 Å². The van der Waals surface area contributed by atoms with Crippen molar-refractivity contribution in [2.24, 2.45) is 15.0 Å². The van der Waals surface area contributed by atoms with Gasteiger partial charge in [0.2, 0.25) is 0 Å². The lowest BCUT2D eigenvalue weighted by Crippen LogP contribution is -2.49. The van der Waals surface area contributed by atoms with Crippen molar-refractivity contribution < 1.29 is 24.9 Å². The third kappa shape index (κ3) is 1.91. The standard InChI is InChI=1S/C10H11BrN4O5/c11-10-14-4-7(12-2-13-8(4)19)15(10)9-6(18)5(17)3(1-16)20-9/h2-6,9,16-18H,1H2/t3-,4?,5-,6-,9-/m0/s1. The van der Waals surface area contributed by atoms with Crippen molar-refractivity contribution in [3.63, 3.8) is 0 Å². The van der Waals surface area contributed by atoms with Gasteiger partial charge in [0.1, 0.15) is 30.5 Å². The van der Waals surface area contributed by atoms with Crippen molar-refractivity contribution >= 4 is 38.8 Å². The molecule has 108 valence electrons. The Morgan fingerprint density at radius 3 is 2.80 bits per heavy atom. The van der Waals surface area contributed by atoms with Crippen LogP contribution in [-0.4, -0.2) is 80.2 Å². The van der Waals surface area contributed by atoms with Crippen molar-refractivity contribution in [1.29, 1.82) is 0 Å². The Hall–Kier alpha value is -1.20. The second-order valence-corrected chi connectivity index (χ2v) is 5.18. The molecule has 0 aliphatic carbocycles. The van der Waals surface area contributed by atoms with E-state index in [2.05, 4.69) is 30.9 Å². The number of fused-ring (bicyclic) bond motifs is 1.